The third-order valence-electron chi connectivity index (χ3n) is 1.68. The fraction of sp³-hybridized carbons (Fsp3) is 0.250. The fourth-order valence-corrected chi connectivity index (χ4v) is 1.45. The van der Waals surface area contributed by atoms with E-state index in [0.29, 0.717) is 13.2 Å². The Bertz CT molecular complexity index is 499. The summed E-state index contributed by atoms with van der Waals surface area (Å²) in [6.45, 7) is 6.41. The molecule has 10 heteroatoms. The van der Waals surface area contributed by atoms with Crippen LogP contribution in [0, 0.1) is 13.8 Å². The van der Waals surface area contributed by atoms with Gasteiger partial charge in [-0.2, -0.15) is 4.98 Å². The van der Waals surface area contributed by atoms with Crippen LogP contribution in [0.1, 0.15) is 0 Å². The van der Waals surface area contributed by atoms with Crippen molar-refractivity contribution in [3.05, 3.63) is 30.0 Å². The van der Waals surface area contributed by atoms with Gasteiger partial charge in [-0.3, -0.25) is 11.7 Å². The average molecular weight is 426 g/mol. The molecule has 1 rings (SSSR count). The monoisotopic (exact) mass is 425 g/mol. The molecule has 0 aliphatic carbocycles. The van der Waals surface area contributed by atoms with Crippen LogP contribution in [0.3, 0.4) is 0 Å². The van der Waals surface area contributed by atoms with E-state index >= 15 is 0 Å². The quantitative estimate of drug-likeness (QED) is 0.553. The molecule has 0 saturated heterocycles. The standard InChI is InChI=1S/C10H11Cl2N2O3.C2H3O2.Y/c1-6(15)13-9-7(11)5-8(12)10(14-9)17-4-3-16-2;1-2(3)4;/h5H,1,3-4H2,2H3,(H,13,14,15);1H2,(H,3,4);/q2*-1;. The summed E-state index contributed by atoms with van der Waals surface area (Å²) in [5.41, 5.74) is 0. The van der Waals surface area contributed by atoms with Crippen molar-refractivity contribution in [3.63, 3.8) is 0 Å². The van der Waals surface area contributed by atoms with Crippen LogP contribution in [-0.4, -0.2) is 42.3 Å². The number of aromatic nitrogens is 1. The normalized spacial score (nSPS) is 8.86. The Labute approximate surface area is 163 Å². The number of hydrogen-bond acceptors (Lipinski definition) is 5. The van der Waals surface area contributed by atoms with E-state index in [2.05, 4.69) is 24.1 Å². The van der Waals surface area contributed by atoms with E-state index in [1.54, 1.807) is 7.11 Å². The smallest absolute Gasteiger partial charge is 0.234 e. The second kappa shape index (κ2) is 12.8. The van der Waals surface area contributed by atoms with Crippen LogP contribution in [0.15, 0.2) is 6.07 Å². The molecule has 0 bridgehead atoms. The molecule has 0 aromatic carbocycles. The zero-order chi connectivity index (χ0) is 16.4. The number of carbonyl (C=O) groups excluding carboxylic acids is 1. The molecule has 0 saturated carbocycles. The summed E-state index contributed by atoms with van der Waals surface area (Å²) >= 11 is 11.7. The summed E-state index contributed by atoms with van der Waals surface area (Å²) in [5, 5.41) is 10.1. The predicted octanol–water partition coefficient (Wildman–Crippen LogP) is 2.09. The third-order valence-corrected chi connectivity index (χ3v) is 2.24. The van der Waals surface area contributed by atoms with Crippen molar-refractivity contribution in [2.45, 2.75) is 0 Å². The van der Waals surface area contributed by atoms with Gasteiger partial charge in [0.25, 0.3) is 0 Å². The second-order valence-corrected chi connectivity index (χ2v) is 4.20. The van der Waals surface area contributed by atoms with Crippen LogP contribution in [0.25, 0.3) is 0 Å². The van der Waals surface area contributed by atoms with Gasteiger partial charge < -0.3 is 31.6 Å². The minimum Gasteiger partial charge on any atom is -0.503 e. The number of carboxylic acids is 1. The van der Waals surface area contributed by atoms with Crippen molar-refractivity contribution >= 4 is 40.9 Å². The number of carboxylic acid groups (broad SMARTS) is 1. The number of hydrogen-bond donors (Lipinski definition) is 2. The van der Waals surface area contributed by atoms with Gasteiger partial charge in [0.05, 0.1) is 17.5 Å². The van der Waals surface area contributed by atoms with E-state index in [9.17, 15) is 4.79 Å². The Morgan fingerprint density at radius 2 is 1.86 bits per heavy atom. The van der Waals surface area contributed by atoms with E-state index < -0.39 is 11.9 Å². The molecule has 121 valence electrons. The van der Waals surface area contributed by atoms with E-state index in [1.165, 1.54) is 6.07 Å². The molecule has 7 nitrogen and oxygen atoms in total. The van der Waals surface area contributed by atoms with Gasteiger partial charge in [-0.15, -0.1) is 0 Å². The Morgan fingerprint density at radius 1 is 1.32 bits per heavy atom. The molecule has 1 amide bonds. The molecule has 0 aliphatic heterocycles. The molecule has 22 heavy (non-hydrogen) atoms. The molecule has 0 atom stereocenters. The topological polar surface area (TPSA) is 97.8 Å². The predicted molar refractivity (Wildman–Crippen MR) is 78.6 cm³/mol. The van der Waals surface area contributed by atoms with Crippen LogP contribution < -0.4 is 10.1 Å². The summed E-state index contributed by atoms with van der Waals surface area (Å²) in [4.78, 5) is 23.7. The Hall–Kier alpha value is -0.726. The molecule has 1 aromatic heterocycles. The third kappa shape index (κ3) is 10.9. The van der Waals surface area contributed by atoms with Gasteiger partial charge in [0.15, 0.2) is 11.8 Å². The molecule has 1 aromatic rings. The molecule has 0 unspecified atom stereocenters. The number of methoxy groups -OCH3 is 1. The summed E-state index contributed by atoms with van der Waals surface area (Å²) < 4.78 is 10.1. The SMILES string of the molecule is [CH2-]C(=O)Nc1nc(OCCOC)c(Cl)cc1Cl.[CH2-]C(=O)O.[Y]. The van der Waals surface area contributed by atoms with Crippen molar-refractivity contribution in [1.29, 1.82) is 0 Å². The molecule has 0 aliphatic rings. The number of nitrogens with zero attached hydrogens (tertiary/aromatic N) is 1. The minimum absolute atomic E-state index is 0. The van der Waals surface area contributed by atoms with Crippen molar-refractivity contribution in [1.82, 2.24) is 4.98 Å². The summed E-state index contributed by atoms with van der Waals surface area (Å²) in [7, 11) is 1.55. The number of rotatable bonds is 5. The number of carbonyl (C=O) groups is 2. The molecule has 1 heterocycles. The summed E-state index contributed by atoms with van der Waals surface area (Å²) in [6, 6.07) is 1.43. The van der Waals surface area contributed by atoms with Crippen LogP contribution in [0.5, 0.6) is 5.88 Å². The number of aliphatic carboxylic acids is 1. The molecule has 0 spiro atoms. The first-order chi connectivity index (χ1) is 9.77. The van der Waals surface area contributed by atoms with Crippen molar-refractivity contribution in [3.8, 4) is 5.88 Å². The molecule has 1 radical (unpaired) electrons. The Balaban J connectivity index is 0. The first kappa shape index (κ1) is 23.5. The molecular formula is C12H14Cl2N2O5Y-2. The van der Waals surface area contributed by atoms with Crippen molar-refractivity contribution < 1.29 is 56.9 Å². The van der Waals surface area contributed by atoms with Gasteiger partial charge in [-0.25, -0.2) is 0 Å². The maximum Gasteiger partial charge on any atom is 0.234 e. The summed E-state index contributed by atoms with van der Waals surface area (Å²) in [6.07, 6.45) is 0. The minimum atomic E-state index is -1.08. The number of pyridine rings is 1. The number of ether oxygens (including phenoxy) is 2. The maximum absolute atomic E-state index is 10.8. The average Bonchev–Trinajstić information content (AvgIpc) is 2.33. The van der Waals surface area contributed by atoms with E-state index in [1.807, 2.05) is 0 Å². The zero-order valence-corrected chi connectivity index (χ0v) is 16.1. The van der Waals surface area contributed by atoms with Gasteiger partial charge >= 0.3 is 0 Å². The van der Waals surface area contributed by atoms with Gasteiger partial charge in [0.1, 0.15) is 11.6 Å². The van der Waals surface area contributed by atoms with Gasteiger partial charge in [-0.05, 0) is 6.07 Å². The molecule has 2 N–H and O–H groups in total. The Morgan fingerprint density at radius 3 is 2.32 bits per heavy atom. The van der Waals surface area contributed by atoms with Gasteiger partial charge in [0, 0.05) is 39.8 Å². The van der Waals surface area contributed by atoms with Crippen LogP contribution in [0.4, 0.5) is 5.82 Å². The van der Waals surface area contributed by atoms with Crippen LogP contribution >= 0.6 is 23.2 Å². The van der Waals surface area contributed by atoms with Crippen molar-refractivity contribution in [2.75, 3.05) is 25.6 Å². The first-order valence-corrected chi connectivity index (χ1v) is 6.19. The largest absolute Gasteiger partial charge is 0.503 e. The molecular weight excluding hydrogens is 412 g/mol. The zero-order valence-electron chi connectivity index (χ0n) is 11.8. The molecule has 0 fully saturated rings. The summed E-state index contributed by atoms with van der Waals surface area (Å²) in [5.74, 6) is -1.27. The number of halogens is 2. The van der Waals surface area contributed by atoms with Gasteiger partial charge in [-0.1, -0.05) is 23.2 Å². The first-order valence-electron chi connectivity index (χ1n) is 5.43. The number of amides is 1. The Kier molecular flexibility index (Phi) is 13.7. The van der Waals surface area contributed by atoms with E-state index in [4.69, 9.17) is 42.6 Å². The fourth-order valence-electron chi connectivity index (χ4n) is 0.992. The van der Waals surface area contributed by atoms with E-state index in [0.717, 1.165) is 0 Å². The second-order valence-electron chi connectivity index (χ2n) is 3.39. The van der Waals surface area contributed by atoms with E-state index in [-0.39, 0.29) is 54.5 Å². The number of nitrogens with one attached hydrogen (secondary N) is 1. The van der Waals surface area contributed by atoms with Gasteiger partial charge in [0.2, 0.25) is 5.88 Å². The van der Waals surface area contributed by atoms with Crippen LogP contribution in [-0.2, 0) is 47.0 Å². The van der Waals surface area contributed by atoms with Crippen LogP contribution in [0.2, 0.25) is 10.0 Å². The van der Waals surface area contributed by atoms with Crippen molar-refractivity contribution in [2.24, 2.45) is 0 Å². The number of anilines is 1. The maximum atomic E-state index is 10.8.